The lowest BCUT2D eigenvalue weighted by molar-refractivity contribution is 0.120. The van der Waals surface area contributed by atoms with Gasteiger partial charge in [0.25, 0.3) is 5.56 Å². The highest BCUT2D eigenvalue weighted by Crippen LogP contribution is 2.16. The zero-order chi connectivity index (χ0) is 18.8. The lowest BCUT2D eigenvalue weighted by Gasteiger charge is -2.34. The minimum atomic E-state index is -0.119. The molecule has 1 aliphatic rings. The summed E-state index contributed by atoms with van der Waals surface area (Å²) in [6, 6.07) is 13.2. The summed E-state index contributed by atoms with van der Waals surface area (Å²) in [5, 5.41) is 1.92. The molecule has 7 heteroatoms. The van der Waals surface area contributed by atoms with Gasteiger partial charge in [-0.2, -0.15) is 0 Å². The Morgan fingerprint density at radius 1 is 0.926 bits per heavy atom. The van der Waals surface area contributed by atoms with Crippen molar-refractivity contribution >= 4 is 34.1 Å². The summed E-state index contributed by atoms with van der Waals surface area (Å²) in [6.45, 7) is 5.32. The SMILES string of the molecule is O=c1[nH]c(CN2CCN(Cc3cccc(Cl)c3)CC2)nc2cc(Cl)ccc12. The maximum Gasteiger partial charge on any atom is 0.258 e. The molecule has 1 aliphatic heterocycles. The summed E-state index contributed by atoms with van der Waals surface area (Å²) in [5.74, 6) is 0.679. The number of piperazine rings is 1. The van der Waals surface area contributed by atoms with Crippen LogP contribution in [0.4, 0.5) is 0 Å². The molecule has 1 N–H and O–H groups in total. The van der Waals surface area contributed by atoms with E-state index in [1.165, 1.54) is 5.56 Å². The summed E-state index contributed by atoms with van der Waals surface area (Å²) in [4.78, 5) is 24.5. The number of aromatic amines is 1. The molecule has 0 amide bonds. The van der Waals surface area contributed by atoms with Crippen molar-refractivity contribution in [2.24, 2.45) is 0 Å². The summed E-state index contributed by atoms with van der Waals surface area (Å²) < 4.78 is 0. The van der Waals surface area contributed by atoms with Crippen LogP contribution in [-0.4, -0.2) is 45.9 Å². The Labute approximate surface area is 167 Å². The van der Waals surface area contributed by atoms with E-state index >= 15 is 0 Å². The minimum Gasteiger partial charge on any atom is -0.309 e. The van der Waals surface area contributed by atoms with Crippen LogP contribution >= 0.6 is 23.2 Å². The van der Waals surface area contributed by atoms with Crippen LogP contribution in [0, 0.1) is 0 Å². The third kappa shape index (κ3) is 4.50. The number of hydrogen-bond donors (Lipinski definition) is 1. The number of nitrogens with one attached hydrogen (secondary N) is 1. The van der Waals surface area contributed by atoms with E-state index in [1.54, 1.807) is 18.2 Å². The zero-order valence-corrected chi connectivity index (χ0v) is 16.3. The van der Waals surface area contributed by atoms with Crippen molar-refractivity contribution in [2.45, 2.75) is 13.1 Å². The van der Waals surface area contributed by atoms with Crippen molar-refractivity contribution in [3.8, 4) is 0 Å². The molecule has 27 heavy (non-hydrogen) atoms. The van der Waals surface area contributed by atoms with E-state index < -0.39 is 0 Å². The molecule has 1 aromatic heterocycles. The van der Waals surface area contributed by atoms with Crippen LogP contribution in [0.2, 0.25) is 10.0 Å². The van der Waals surface area contributed by atoms with Crippen LogP contribution < -0.4 is 5.56 Å². The molecule has 1 fully saturated rings. The maximum absolute atomic E-state index is 12.3. The molecule has 2 aromatic carbocycles. The fourth-order valence-corrected chi connectivity index (χ4v) is 3.83. The van der Waals surface area contributed by atoms with Gasteiger partial charge in [0.15, 0.2) is 0 Å². The average molecular weight is 403 g/mol. The molecule has 2 heterocycles. The Bertz CT molecular complexity index is 1010. The second-order valence-corrected chi connectivity index (χ2v) is 7.73. The largest absolute Gasteiger partial charge is 0.309 e. The van der Waals surface area contributed by atoms with Gasteiger partial charge in [-0.05, 0) is 35.9 Å². The Morgan fingerprint density at radius 2 is 1.63 bits per heavy atom. The predicted molar refractivity (Wildman–Crippen MR) is 109 cm³/mol. The molecule has 0 aliphatic carbocycles. The molecular weight excluding hydrogens is 383 g/mol. The number of H-pyrrole nitrogens is 1. The second-order valence-electron chi connectivity index (χ2n) is 6.86. The highest BCUT2D eigenvalue weighted by atomic mass is 35.5. The van der Waals surface area contributed by atoms with E-state index in [0.717, 1.165) is 37.7 Å². The molecule has 0 saturated carbocycles. The van der Waals surface area contributed by atoms with Gasteiger partial charge < -0.3 is 4.98 Å². The zero-order valence-electron chi connectivity index (χ0n) is 14.8. The summed E-state index contributed by atoms with van der Waals surface area (Å²) in [6.07, 6.45) is 0. The minimum absolute atomic E-state index is 0.119. The van der Waals surface area contributed by atoms with Gasteiger partial charge in [-0.15, -0.1) is 0 Å². The van der Waals surface area contributed by atoms with Gasteiger partial charge in [0.05, 0.1) is 17.4 Å². The summed E-state index contributed by atoms with van der Waals surface area (Å²) >= 11 is 12.1. The molecule has 3 aromatic rings. The molecule has 140 valence electrons. The van der Waals surface area contributed by atoms with Crippen molar-refractivity contribution in [1.82, 2.24) is 19.8 Å². The van der Waals surface area contributed by atoms with Crippen molar-refractivity contribution in [3.63, 3.8) is 0 Å². The van der Waals surface area contributed by atoms with Crippen LogP contribution in [0.3, 0.4) is 0 Å². The summed E-state index contributed by atoms with van der Waals surface area (Å²) in [5.41, 5.74) is 1.75. The first-order chi connectivity index (χ1) is 13.1. The van der Waals surface area contributed by atoms with Crippen molar-refractivity contribution < 1.29 is 0 Å². The topological polar surface area (TPSA) is 52.2 Å². The molecule has 0 bridgehead atoms. The van der Waals surface area contributed by atoms with E-state index in [0.29, 0.717) is 28.3 Å². The Kier molecular flexibility index (Phi) is 5.45. The van der Waals surface area contributed by atoms with Crippen molar-refractivity contribution in [3.05, 3.63) is 74.3 Å². The van der Waals surface area contributed by atoms with Gasteiger partial charge in [-0.3, -0.25) is 14.6 Å². The van der Waals surface area contributed by atoms with E-state index in [4.69, 9.17) is 23.2 Å². The first kappa shape index (κ1) is 18.4. The molecule has 4 rings (SSSR count). The standard InChI is InChI=1S/C20H20Cl2N4O/c21-15-3-1-2-14(10-15)12-25-6-8-26(9-7-25)13-19-23-18-11-16(22)4-5-17(18)20(27)24-19/h1-5,10-11H,6-9,12-13H2,(H,23,24,27). The highest BCUT2D eigenvalue weighted by Gasteiger charge is 2.18. The van der Waals surface area contributed by atoms with E-state index in [9.17, 15) is 4.79 Å². The Morgan fingerprint density at radius 3 is 2.37 bits per heavy atom. The smallest absolute Gasteiger partial charge is 0.258 e. The van der Waals surface area contributed by atoms with Crippen LogP contribution in [0.5, 0.6) is 0 Å². The molecule has 0 radical (unpaired) electrons. The van der Waals surface area contributed by atoms with Gasteiger partial charge in [0.1, 0.15) is 5.82 Å². The third-order valence-electron chi connectivity index (χ3n) is 4.85. The number of aromatic nitrogens is 2. The number of hydrogen-bond acceptors (Lipinski definition) is 4. The van der Waals surface area contributed by atoms with Gasteiger partial charge in [0, 0.05) is 42.8 Å². The maximum atomic E-state index is 12.3. The van der Waals surface area contributed by atoms with Crippen LogP contribution in [-0.2, 0) is 13.1 Å². The van der Waals surface area contributed by atoms with E-state index in [-0.39, 0.29) is 5.56 Å². The first-order valence-corrected chi connectivity index (χ1v) is 9.70. The fourth-order valence-electron chi connectivity index (χ4n) is 3.45. The fraction of sp³-hybridized carbons (Fsp3) is 0.300. The quantitative estimate of drug-likeness (QED) is 0.724. The van der Waals surface area contributed by atoms with Gasteiger partial charge in [-0.25, -0.2) is 4.98 Å². The molecule has 1 saturated heterocycles. The second kappa shape index (κ2) is 7.98. The number of fused-ring (bicyclic) bond motifs is 1. The normalized spacial score (nSPS) is 16.1. The van der Waals surface area contributed by atoms with Gasteiger partial charge >= 0.3 is 0 Å². The monoisotopic (exact) mass is 402 g/mol. The lowest BCUT2D eigenvalue weighted by atomic mass is 10.2. The molecule has 0 spiro atoms. The highest BCUT2D eigenvalue weighted by molar-refractivity contribution is 6.31. The first-order valence-electron chi connectivity index (χ1n) is 8.94. The van der Waals surface area contributed by atoms with Gasteiger partial charge in [0.2, 0.25) is 0 Å². The molecule has 0 unspecified atom stereocenters. The Balaban J connectivity index is 1.39. The predicted octanol–water partition coefficient (Wildman–Crippen LogP) is 3.55. The van der Waals surface area contributed by atoms with Gasteiger partial charge in [-0.1, -0.05) is 35.3 Å². The molecule has 5 nitrogen and oxygen atoms in total. The number of halogens is 2. The number of nitrogens with zero attached hydrogens (tertiary/aromatic N) is 3. The van der Waals surface area contributed by atoms with Crippen LogP contribution in [0.25, 0.3) is 10.9 Å². The van der Waals surface area contributed by atoms with Crippen molar-refractivity contribution in [1.29, 1.82) is 0 Å². The van der Waals surface area contributed by atoms with E-state index in [2.05, 4.69) is 25.8 Å². The molecular formula is C20H20Cl2N4O. The number of benzene rings is 2. The third-order valence-corrected chi connectivity index (χ3v) is 5.32. The Hall–Kier alpha value is -1.92. The average Bonchev–Trinajstić information content (AvgIpc) is 2.63. The molecule has 0 atom stereocenters. The lowest BCUT2D eigenvalue weighted by Crippen LogP contribution is -2.45. The summed E-state index contributed by atoms with van der Waals surface area (Å²) in [7, 11) is 0. The van der Waals surface area contributed by atoms with Crippen LogP contribution in [0.15, 0.2) is 47.3 Å². The van der Waals surface area contributed by atoms with E-state index in [1.807, 2.05) is 18.2 Å². The van der Waals surface area contributed by atoms with Crippen molar-refractivity contribution in [2.75, 3.05) is 26.2 Å². The number of rotatable bonds is 4. The van der Waals surface area contributed by atoms with Crippen LogP contribution in [0.1, 0.15) is 11.4 Å².